The molecule has 2 aromatic rings. The zero-order chi connectivity index (χ0) is 15.1. The summed E-state index contributed by atoms with van der Waals surface area (Å²) in [5.41, 5.74) is 3.70. The molecule has 6 heteroatoms. The summed E-state index contributed by atoms with van der Waals surface area (Å²) in [5.74, 6) is 2.58. The van der Waals surface area contributed by atoms with Crippen LogP contribution in [0.15, 0.2) is 24.4 Å². The first kappa shape index (κ1) is 16.4. The summed E-state index contributed by atoms with van der Waals surface area (Å²) in [6.45, 7) is 10.1. The van der Waals surface area contributed by atoms with Crippen molar-refractivity contribution in [2.24, 2.45) is 11.8 Å². The summed E-state index contributed by atoms with van der Waals surface area (Å²) in [5, 5.41) is 8.22. The second kappa shape index (κ2) is 6.59. The van der Waals surface area contributed by atoms with Gasteiger partial charge in [0.2, 0.25) is 0 Å². The molecule has 124 valence electrons. The van der Waals surface area contributed by atoms with E-state index >= 15 is 0 Å². The number of aryl methyl sites for hydroxylation is 1. The molecule has 2 fully saturated rings. The molecule has 2 aromatic heterocycles. The van der Waals surface area contributed by atoms with Crippen molar-refractivity contribution in [3.8, 4) is 5.82 Å². The van der Waals surface area contributed by atoms with Crippen molar-refractivity contribution in [1.82, 2.24) is 25.0 Å². The van der Waals surface area contributed by atoms with Crippen LogP contribution in [0, 0.1) is 25.7 Å². The van der Waals surface area contributed by atoms with Crippen molar-refractivity contribution in [1.29, 1.82) is 0 Å². The van der Waals surface area contributed by atoms with E-state index in [-0.39, 0.29) is 12.4 Å². The summed E-state index contributed by atoms with van der Waals surface area (Å²) in [6.07, 6.45) is 1.82. The van der Waals surface area contributed by atoms with Crippen LogP contribution >= 0.6 is 12.4 Å². The van der Waals surface area contributed by atoms with Crippen LogP contribution in [0.4, 0.5) is 0 Å². The molecule has 0 bridgehead atoms. The highest BCUT2D eigenvalue weighted by Gasteiger charge is 2.36. The van der Waals surface area contributed by atoms with Gasteiger partial charge >= 0.3 is 0 Å². The Balaban J connectivity index is 0.00000156. The SMILES string of the molecule is Cc1nn(-c2ccccn2)c(C)c1CN1C[C@H]2CNC[C@H]2C1.Cl. The van der Waals surface area contributed by atoms with E-state index in [4.69, 9.17) is 5.10 Å². The molecule has 23 heavy (non-hydrogen) atoms. The molecule has 0 aliphatic carbocycles. The maximum absolute atomic E-state index is 4.71. The van der Waals surface area contributed by atoms with Gasteiger partial charge in [-0.3, -0.25) is 4.90 Å². The average Bonchev–Trinajstić information content (AvgIpc) is 3.18. The van der Waals surface area contributed by atoms with E-state index < -0.39 is 0 Å². The van der Waals surface area contributed by atoms with Gasteiger partial charge in [0, 0.05) is 37.1 Å². The predicted molar refractivity (Wildman–Crippen MR) is 93.2 cm³/mol. The Morgan fingerprint density at radius 1 is 1.17 bits per heavy atom. The Labute approximate surface area is 143 Å². The number of pyridine rings is 1. The van der Waals surface area contributed by atoms with E-state index in [9.17, 15) is 0 Å². The molecule has 2 atom stereocenters. The van der Waals surface area contributed by atoms with E-state index in [0.717, 1.165) is 29.9 Å². The minimum absolute atomic E-state index is 0. The number of nitrogens with zero attached hydrogens (tertiary/aromatic N) is 4. The van der Waals surface area contributed by atoms with Crippen LogP contribution in [-0.2, 0) is 6.54 Å². The van der Waals surface area contributed by atoms with Gasteiger partial charge in [0.05, 0.1) is 5.69 Å². The number of hydrogen-bond donors (Lipinski definition) is 1. The van der Waals surface area contributed by atoms with Gasteiger partial charge in [-0.05, 0) is 50.9 Å². The fraction of sp³-hybridized carbons (Fsp3) is 0.529. The quantitative estimate of drug-likeness (QED) is 0.932. The molecule has 0 radical (unpaired) electrons. The minimum Gasteiger partial charge on any atom is -0.316 e. The van der Waals surface area contributed by atoms with Crippen molar-refractivity contribution < 1.29 is 0 Å². The average molecular weight is 334 g/mol. The van der Waals surface area contributed by atoms with E-state index in [2.05, 4.69) is 29.0 Å². The fourth-order valence-corrected chi connectivity index (χ4v) is 3.91. The molecular weight excluding hydrogens is 310 g/mol. The Morgan fingerprint density at radius 2 is 1.91 bits per heavy atom. The zero-order valence-electron chi connectivity index (χ0n) is 13.7. The minimum atomic E-state index is 0. The molecule has 0 amide bonds. The van der Waals surface area contributed by atoms with Gasteiger partial charge in [0.25, 0.3) is 0 Å². The highest BCUT2D eigenvalue weighted by atomic mass is 35.5. The van der Waals surface area contributed by atoms with E-state index in [1.165, 1.54) is 37.4 Å². The van der Waals surface area contributed by atoms with Gasteiger partial charge in [-0.2, -0.15) is 5.10 Å². The van der Waals surface area contributed by atoms with Crippen LogP contribution in [0.1, 0.15) is 17.0 Å². The van der Waals surface area contributed by atoms with Crippen molar-refractivity contribution >= 4 is 12.4 Å². The number of aromatic nitrogens is 3. The van der Waals surface area contributed by atoms with E-state index in [1.54, 1.807) is 0 Å². The van der Waals surface area contributed by atoms with Crippen molar-refractivity contribution in [3.05, 3.63) is 41.3 Å². The summed E-state index contributed by atoms with van der Waals surface area (Å²) < 4.78 is 1.98. The van der Waals surface area contributed by atoms with Crippen LogP contribution in [0.5, 0.6) is 0 Å². The predicted octanol–water partition coefficient (Wildman–Crippen LogP) is 1.96. The largest absolute Gasteiger partial charge is 0.316 e. The molecule has 0 saturated carbocycles. The highest BCUT2D eigenvalue weighted by Crippen LogP contribution is 2.28. The number of nitrogens with one attached hydrogen (secondary N) is 1. The topological polar surface area (TPSA) is 46.0 Å². The second-order valence-electron chi connectivity index (χ2n) is 6.62. The molecule has 2 aliphatic rings. The monoisotopic (exact) mass is 333 g/mol. The molecular formula is C17H24ClN5. The van der Waals surface area contributed by atoms with Gasteiger partial charge in [0.15, 0.2) is 5.82 Å². The first-order valence-electron chi connectivity index (χ1n) is 8.12. The molecule has 4 heterocycles. The van der Waals surface area contributed by atoms with E-state index in [1.807, 2.05) is 29.1 Å². The van der Waals surface area contributed by atoms with Gasteiger partial charge in [-0.25, -0.2) is 9.67 Å². The zero-order valence-corrected chi connectivity index (χ0v) is 14.5. The lowest BCUT2D eigenvalue weighted by atomic mass is 10.0. The van der Waals surface area contributed by atoms with Crippen LogP contribution < -0.4 is 5.32 Å². The Bertz CT molecular complexity index is 657. The lowest BCUT2D eigenvalue weighted by molar-refractivity contribution is 0.304. The third-order valence-corrected chi connectivity index (χ3v) is 5.15. The van der Waals surface area contributed by atoms with E-state index in [0.29, 0.717) is 0 Å². The third kappa shape index (κ3) is 3.01. The number of likely N-dealkylation sites (tertiary alicyclic amines) is 1. The van der Waals surface area contributed by atoms with Crippen LogP contribution in [0.3, 0.4) is 0 Å². The smallest absolute Gasteiger partial charge is 0.153 e. The molecule has 1 N–H and O–H groups in total. The summed E-state index contributed by atoms with van der Waals surface area (Å²) in [6, 6.07) is 5.95. The Kier molecular flexibility index (Phi) is 4.71. The van der Waals surface area contributed by atoms with Crippen molar-refractivity contribution in [2.75, 3.05) is 26.2 Å². The summed E-state index contributed by atoms with van der Waals surface area (Å²) in [4.78, 5) is 7.01. The number of halogens is 1. The third-order valence-electron chi connectivity index (χ3n) is 5.15. The number of rotatable bonds is 3. The molecule has 2 saturated heterocycles. The maximum Gasteiger partial charge on any atom is 0.153 e. The van der Waals surface area contributed by atoms with Gasteiger partial charge < -0.3 is 5.32 Å². The first-order chi connectivity index (χ1) is 10.7. The van der Waals surface area contributed by atoms with Gasteiger partial charge in [0.1, 0.15) is 0 Å². The van der Waals surface area contributed by atoms with Crippen LogP contribution in [0.2, 0.25) is 0 Å². The Hall–Kier alpha value is -1.43. The number of hydrogen-bond acceptors (Lipinski definition) is 4. The molecule has 4 rings (SSSR count). The molecule has 0 spiro atoms. The molecule has 0 unspecified atom stereocenters. The molecule has 0 aromatic carbocycles. The fourth-order valence-electron chi connectivity index (χ4n) is 3.91. The standard InChI is InChI=1S/C17H23N5.ClH/c1-12-16(11-21-9-14-7-18-8-15(14)10-21)13(2)22(20-12)17-5-3-4-6-19-17;/h3-6,14-15,18H,7-11H2,1-2H3;1H/t14-,15+;. The molecule has 5 nitrogen and oxygen atoms in total. The highest BCUT2D eigenvalue weighted by molar-refractivity contribution is 5.85. The number of fused-ring (bicyclic) bond motifs is 1. The van der Waals surface area contributed by atoms with Crippen LogP contribution in [0.25, 0.3) is 5.82 Å². The summed E-state index contributed by atoms with van der Waals surface area (Å²) >= 11 is 0. The normalized spacial score (nSPS) is 23.7. The van der Waals surface area contributed by atoms with Crippen molar-refractivity contribution in [2.45, 2.75) is 20.4 Å². The van der Waals surface area contributed by atoms with Crippen molar-refractivity contribution in [3.63, 3.8) is 0 Å². The lowest BCUT2D eigenvalue weighted by Crippen LogP contribution is -2.25. The van der Waals surface area contributed by atoms with Gasteiger partial charge in [-0.1, -0.05) is 6.07 Å². The molecule has 2 aliphatic heterocycles. The maximum atomic E-state index is 4.71. The first-order valence-corrected chi connectivity index (χ1v) is 8.12. The second-order valence-corrected chi connectivity index (χ2v) is 6.62. The van der Waals surface area contributed by atoms with Gasteiger partial charge in [-0.15, -0.1) is 12.4 Å². The lowest BCUT2D eigenvalue weighted by Gasteiger charge is -2.17. The Morgan fingerprint density at radius 3 is 2.57 bits per heavy atom. The van der Waals surface area contributed by atoms with Crippen LogP contribution in [-0.4, -0.2) is 45.8 Å². The summed E-state index contributed by atoms with van der Waals surface area (Å²) in [7, 11) is 0.